The lowest BCUT2D eigenvalue weighted by molar-refractivity contribution is 0.0790. The van der Waals surface area contributed by atoms with E-state index in [4.69, 9.17) is 0 Å². The number of benzene rings is 2. The Morgan fingerprint density at radius 3 is 2.84 bits per heavy atom. The highest BCUT2D eigenvalue weighted by Crippen LogP contribution is 2.23. The maximum absolute atomic E-state index is 12.9. The third-order valence-corrected chi connectivity index (χ3v) is 5.50. The summed E-state index contributed by atoms with van der Waals surface area (Å²) in [5.74, 6) is 0.164. The van der Waals surface area contributed by atoms with Crippen molar-refractivity contribution in [2.75, 3.05) is 31.6 Å². The first-order chi connectivity index (χ1) is 12.2. The van der Waals surface area contributed by atoms with Crippen LogP contribution in [0.4, 0.5) is 5.69 Å². The van der Waals surface area contributed by atoms with Gasteiger partial charge in [-0.15, -0.1) is 0 Å². The highest BCUT2D eigenvalue weighted by atomic mass is 16.2. The van der Waals surface area contributed by atoms with Crippen LogP contribution in [0.1, 0.15) is 27.9 Å². The van der Waals surface area contributed by atoms with Crippen LogP contribution in [-0.4, -0.2) is 43.5 Å². The third kappa shape index (κ3) is 3.27. The number of fused-ring (bicyclic) bond motifs is 1. The minimum Gasteiger partial charge on any atom is -0.370 e. The molecule has 4 heteroatoms. The van der Waals surface area contributed by atoms with Gasteiger partial charge in [0.25, 0.3) is 5.91 Å². The Bertz CT molecular complexity index is 759. The average molecular weight is 335 g/mol. The number of carbonyl (C=O) groups excluding carboxylic acids is 1. The minimum atomic E-state index is 0.164. The molecule has 0 spiro atoms. The number of hydrogen-bond donors (Lipinski definition) is 1. The fourth-order valence-electron chi connectivity index (χ4n) is 3.91. The summed E-state index contributed by atoms with van der Waals surface area (Å²) in [5, 5.41) is 3.39. The molecule has 130 valence electrons. The van der Waals surface area contributed by atoms with Gasteiger partial charge in [-0.1, -0.05) is 24.3 Å². The predicted octanol–water partition coefficient (Wildman–Crippen LogP) is 2.68. The molecule has 0 radical (unpaired) electrons. The number of rotatable bonds is 3. The normalized spacial score (nSPS) is 19.6. The van der Waals surface area contributed by atoms with Crippen LogP contribution < -0.4 is 10.2 Å². The van der Waals surface area contributed by atoms with Gasteiger partial charge >= 0.3 is 0 Å². The van der Waals surface area contributed by atoms with Crippen molar-refractivity contribution in [3.63, 3.8) is 0 Å². The van der Waals surface area contributed by atoms with E-state index in [0.717, 1.165) is 44.6 Å². The Hall–Kier alpha value is -2.33. The van der Waals surface area contributed by atoms with E-state index >= 15 is 0 Å². The van der Waals surface area contributed by atoms with Gasteiger partial charge in [0.05, 0.1) is 0 Å². The molecule has 2 aliphatic rings. The lowest BCUT2D eigenvalue weighted by Gasteiger charge is -2.27. The largest absolute Gasteiger partial charge is 0.370 e. The van der Waals surface area contributed by atoms with E-state index in [2.05, 4.69) is 53.7 Å². The lowest BCUT2D eigenvalue weighted by Crippen LogP contribution is -2.36. The van der Waals surface area contributed by atoms with Crippen LogP contribution in [0.3, 0.4) is 0 Å². The van der Waals surface area contributed by atoms with Crippen LogP contribution in [0, 0.1) is 0 Å². The zero-order valence-electron chi connectivity index (χ0n) is 14.7. The van der Waals surface area contributed by atoms with E-state index in [1.54, 1.807) is 0 Å². The SMILES string of the molecule is CN(c1ccccc1)C1CCN(C(=O)c2ccc3c(c2)CNCC3)C1. The third-order valence-electron chi connectivity index (χ3n) is 5.50. The predicted molar refractivity (Wildman–Crippen MR) is 101 cm³/mol. The van der Waals surface area contributed by atoms with Crippen molar-refractivity contribution in [3.05, 3.63) is 65.2 Å². The van der Waals surface area contributed by atoms with Crippen LogP contribution in [0.25, 0.3) is 0 Å². The van der Waals surface area contributed by atoms with Crippen molar-refractivity contribution in [2.45, 2.75) is 25.4 Å². The molecule has 0 aliphatic carbocycles. The standard InChI is InChI=1S/C21H25N3O/c1-23(19-5-3-2-4-6-19)20-10-12-24(15-20)21(25)17-8-7-16-9-11-22-14-18(16)13-17/h2-8,13,20,22H,9-12,14-15H2,1H3. The number of carbonyl (C=O) groups is 1. The molecule has 1 amide bonds. The second-order valence-corrected chi connectivity index (χ2v) is 7.05. The molecule has 1 unspecified atom stereocenters. The fourth-order valence-corrected chi connectivity index (χ4v) is 3.91. The topological polar surface area (TPSA) is 35.6 Å². The van der Waals surface area contributed by atoms with Gasteiger partial charge in [0.1, 0.15) is 0 Å². The van der Waals surface area contributed by atoms with E-state index < -0.39 is 0 Å². The molecule has 25 heavy (non-hydrogen) atoms. The number of nitrogens with zero attached hydrogens (tertiary/aromatic N) is 2. The van der Waals surface area contributed by atoms with Crippen molar-refractivity contribution in [1.82, 2.24) is 10.2 Å². The van der Waals surface area contributed by atoms with Gasteiger partial charge in [-0.2, -0.15) is 0 Å². The Balaban J connectivity index is 1.45. The number of hydrogen-bond acceptors (Lipinski definition) is 3. The van der Waals surface area contributed by atoms with Crippen LogP contribution >= 0.6 is 0 Å². The monoisotopic (exact) mass is 335 g/mol. The summed E-state index contributed by atoms with van der Waals surface area (Å²) in [7, 11) is 2.12. The maximum atomic E-state index is 12.9. The molecule has 4 nitrogen and oxygen atoms in total. The van der Waals surface area contributed by atoms with Crippen molar-refractivity contribution < 1.29 is 4.79 Å². The van der Waals surface area contributed by atoms with Crippen LogP contribution in [0.15, 0.2) is 48.5 Å². The van der Waals surface area contributed by atoms with Gasteiger partial charge in [0, 0.05) is 44.0 Å². The first kappa shape index (κ1) is 16.2. The molecule has 0 bridgehead atoms. The highest BCUT2D eigenvalue weighted by Gasteiger charge is 2.29. The van der Waals surface area contributed by atoms with E-state index in [0.29, 0.717) is 6.04 Å². The van der Waals surface area contributed by atoms with Crippen LogP contribution in [-0.2, 0) is 13.0 Å². The van der Waals surface area contributed by atoms with Crippen molar-refractivity contribution in [3.8, 4) is 0 Å². The number of para-hydroxylation sites is 1. The van der Waals surface area contributed by atoms with E-state index in [9.17, 15) is 4.79 Å². The molecule has 2 aliphatic heterocycles. The molecule has 2 heterocycles. The van der Waals surface area contributed by atoms with Gasteiger partial charge in [-0.25, -0.2) is 0 Å². The van der Waals surface area contributed by atoms with E-state index in [-0.39, 0.29) is 5.91 Å². The summed E-state index contributed by atoms with van der Waals surface area (Å²) in [5.41, 5.74) is 4.68. The second-order valence-electron chi connectivity index (χ2n) is 7.05. The summed E-state index contributed by atoms with van der Waals surface area (Å²) in [6.07, 6.45) is 2.07. The molecule has 1 saturated heterocycles. The van der Waals surface area contributed by atoms with Gasteiger partial charge in [-0.05, 0) is 54.8 Å². The smallest absolute Gasteiger partial charge is 0.253 e. The van der Waals surface area contributed by atoms with Crippen molar-refractivity contribution in [2.24, 2.45) is 0 Å². The Labute approximate surface area is 149 Å². The number of anilines is 1. The zero-order chi connectivity index (χ0) is 17.2. The average Bonchev–Trinajstić information content (AvgIpc) is 3.17. The molecular weight excluding hydrogens is 310 g/mol. The molecule has 0 saturated carbocycles. The molecule has 2 aromatic carbocycles. The van der Waals surface area contributed by atoms with Crippen molar-refractivity contribution in [1.29, 1.82) is 0 Å². The summed E-state index contributed by atoms with van der Waals surface area (Å²) in [4.78, 5) is 17.2. The Morgan fingerprint density at radius 2 is 2.00 bits per heavy atom. The van der Waals surface area contributed by atoms with Gasteiger partial charge in [0.2, 0.25) is 0 Å². The first-order valence-corrected chi connectivity index (χ1v) is 9.12. The summed E-state index contributed by atoms with van der Waals surface area (Å²) in [6.45, 7) is 3.52. The number of likely N-dealkylation sites (N-methyl/N-ethyl adjacent to an activating group) is 1. The quantitative estimate of drug-likeness (QED) is 0.937. The molecule has 1 fully saturated rings. The van der Waals surface area contributed by atoms with Gasteiger partial charge in [0.15, 0.2) is 0 Å². The number of nitrogens with one attached hydrogen (secondary N) is 1. The second kappa shape index (κ2) is 6.89. The highest BCUT2D eigenvalue weighted by molar-refractivity contribution is 5.94. The molecule has 2 aromatic rings. The van der Waals surface area contributed by atoms with E-state index in [1.165, 1.54) is 16.8 Å². The summed E-state index contributed by atoms with van der Waals surface area (Å²) in [6, 6.07) is 17.0. The summed E-state index contributed by atoms with van der Waals surface area (Å²) >= 11 is 0. The molecule has 0 aromatic heterocycles. The van der Waals surface area contributed by atoms with Crippen LogP contribution in [0.5, 0.6) is 0 Å². The van der Waals surface area contributed by atoms with Gasteiger partial charge < -0.3 is 15.1 Å². The molecule has 4 rings (SSSR count). The lowest BCUT2D eigenvalue weighted by atomic mass is 9.98. The first-order valence-electron chi connectivity index (χ1n) is 9.12. The Kier molecular flexibility index (Phi) is 4.45. The summed E-state index contributed by atoms with van der Waals surface area (Å²) < 4.78 is 0. The van der Waals surface area contributed by atoms with Gasteiger partial charge in [-0.3, -0.25) is 4.79 Å². The van der Waals surface area contributed by atoms with Crippen molar-refractivity contribution >= 4 is 11.6 Å². The molecule has 1 N–H and O–H groups in total. The zero-order valence-corrected chi connectivity index (χ0v) is 14.7. The van der Waals surface area contributed by atoms with Crippen LogP contribution in [0.2, 0.25) is 0 Å². The molecule has 1 atom stereocenters. The maximum Gasteiger partial charge on any atom is 0.253 e. The Morgan fingerprint density at radius 1 is 1.16 bits per heavy atom. The molecular formula is C21H25N3O. The number of likely N-dealkylation sites (tertiary alicyclic amines) is 1. The number of amides is 1. The van der Waals surface area contributed by atoms with E-state index in [1.807, 2.05) is 17.0 Å². The minimum absolute atomic E-state index is 0.164. The fraction of sp³-hybridized carbons (Fsp3) is 0.381.